The summed E-state index contributed by atoms with van der Waals surface area (Å²) < 4.78 is 10.9. The molecule has 19 heavy (non-hydrogen) atoms. The van der Waals surface area contributed by atoms with Crippen LogP contribution < -0.4 is 15.2 Å². The van der Waals surface area contributed by atoms with Gasteiger partial charge in [0.1, 0.15) is 11.5 Å². The van der Waals surface area contributed by atoms with E-state index in [1.165, 1.54) is 0 Å². The Hall–Kier alpha value is -2.00. The zero-order valence-corrected chi connectivity index (χ0v) is 11.3. The molecule has 0 atom stereocenters. The Bertz CT molecular complexity index is 538. The molecule has 0 fully saturated rings. The lowest BCUT2D eigenvalue weighted by molar-refractivity contribution is 0.400. The van der Waals surface area contributed by atoms with Gasteiger partial charge in [-0.1, -0.05) is 30.3 Å². The predicted molar refractivity (Wildman–Crippen MR) is 77.7 cm³/mol. The van der Waals surface area contributed by atoms with Crippen LogP contribution in [-0.4, -0.2) is 20.8 Å². The molecule has 0 aliphatic carbocycles. The van der Waals surface area contributed by atoms with Crippen molar-refractivity contribution in [2.75, 3.05) is 20.8 Å². The zero-order valence-electron chi connectivity index (χ0n) is 11.3. The zero-order chi connectivity index (χ0) is 13.7. The first kappa shape index (κ1) is 13.4. The highest BCUT2D eigenvalue weighted by Crippen LogP contribution is 2.36. The van der Waals surface area contributed by atoms with Crippen molar-refractivity contribution in [2.45, 2.75) is 6.42 Å². The van der Waals surface area contributed by atoms with Gasteiger partial charge >= 0.3 is 0 Å². The Morgan fingerprint density at radius 1 is 0.947 bits per heavy atom. The highest BCUT2D eigenvalue weighted by atomic mass is 16.5. The van der Waals surface area contributed by atoms with Gasteiger partial charge in [0.2, 0.25) is 0 Å². The van der Waals surface area contributed by atoms with Crippen LogP contribution in [0.1, 0.15) is 5.56 Å². The molecule has 0 bridgehead atoms. The third-order valence-corrected chi connectivity index (χ3v) is 3.10. The maximum absolute atomic E-state index is 5.63. The Morgan fingerprint density at radius 3 is 2.21 bits per heavy atom. The Labute approximate surface area is 114 Å². The summed E-state index contributed by atoms with van der Waals surface area (Å²) in [4.78, 5) is 0. The SMILES string of the molecule is COc1cc(-c2ccccc2)c(OC)cc1CCN. The second-order valence-electron chi connectivity index (χ2n) is 4.27. The van der Waals surface area contributed by atoms with Gasteiger partial charge in [-0.05, 0) is 36.2 Å². The number of hydrogen-bond acceptors (Lipinski definition) is 3. The summed E-state index contributed by atoms with van der Waals surface area (Å²) in [6, 6.07) is 14.1. The van der Waals surface area contributed by atoms with Crippen LogP contribution in [0.5, 0.6) is 11.5 Å². The molecule has 100 valence electrons. The molecule has 2 rings (SSSR count). The summed E-state index contributed by atoms with van der Waals surface area (Å²) in [5, 5.41) is 0. The van der Waals surface area contributed by atoms with E-state index in [4.69, 9.17) is 15.2 Å². The van der Waals surface area contributed by atoms with Crippen LogP contribution in [0, 0.1) is 0 Å². The van der Waals surface area contributed by atoms with Crippen molar-refractivity contribution in [1.29, 1.82) is 0 Å². The molecule has 0 aliphatic rings. The van der Waals surface area contributed by atoms with Gasteiger partial charge in [-0.25, -0.2) is 0 Å². The summed E-state index contributed by atoms with van der Waals surface area (Å²) in [5.74, 6) is 1.69. The first-order valence-corrected chi connectivity index (χ1v) is 6.30. The standard InChI is InChI=1S/C16H19NO2/c1-18-15-11-14(12-6-4-3-5-7-12)16(19-2)10-13(15)8-9-17/h3-7,10-11H,8-9,17H2,1-2H3. The van der Waals surface area contributed by atoms with Crippen molar-refractivity contribution >= 4 is 0 Å². The molecule has 0 aromatic heterocycles. The highest BCUT2D eigenvalue weighted by Gasteiger charge is 2.12. The molecule has 0 aliphatic heterocycles. The van der Waals surface area contributed by atoms with Gasteiger partial charge in [-0.2, -0.15) is 0 Å². The van der Waals surface area contributed by atoms with Gasteiger partial charge in [-0.15, -0.1) is 0 Å². The van der Waals surface area contributed by atoms with Crippen molar-refractivity contribution in [1.82, 2.24) is 0 Å². The number of nitrogens with two attached hydrogens (primary N) is 1. The van der Waals surface area contributed by atoms with Crippen LogP contribution >= 0.6 is 0 Å². The van der Waals surface area contributed by atoms with Crippen molar-refractivity contribution in [3.05, 3.63) is 48.0 Å². The van der Waals surface area contributed by atoms with Gasteiger partial charge in [0.15, 0.2) is 0 Å². The molecule has 3 nitrogen and oxygen atoms in total. The molecule has 2 N–H and O–H groups in total. The second kappa shape index (κ2) is 6.25. The number of ether oxygens (including phenoxy) is 2. The van der Waals surface area contributed by atoms with E-state index < -0.39 is 0 Å². The number of hydrogen-bond donors (Lipinski definition) is 1. The van der Waals surface area contributed by atoms with Gasteiger partial charge in [-0.3, -0.25) is 0 Å². The first-order valence-electron chi connectivity index (χ1n) is 6.30. The normalized spacial score (nSPS) is 10.3. The number of benzene rings is 2. The van der Waals surface area contributed by atoms with Gasteiger partial charge in [0.05, 0.1) is 14.2 Å². The molecule has 0 saturated heterocycles. The number of methoxy groups -OCH3 is 2. The number of rotatable bonds is 5. The minimum Gasteiger partial charge on any atom is -0.496 e. The molecule has 2 aromatic rings. The summed E-state index contributed by atoms with van der Waals surface area (Å²) in [7, 11) is 3.36. The van der Waals surface area contributed by atoms with Crippen molar-refractivity contribution < 1.29 is 9.47 Å². The van der Waals surface area contributed by atoms with Gasteiger partial charge < -0.3 is 15.2 Å². The van der Waals surface area contributed by atoms with E-state index in [-0.39, 0.29) is 0 Å². The average Bonchev–Trinajstić information content (AvgIpc) is 2.48. The van der Waals surface area contributed by atoms with E-state index >= 15 is 0 Å². The quantitative estimate of drug-likeness (QED) is 0.895. The van der Waals surface area contributed by atoms with Crippen LogP contribution in [0.4, 0.5) is 0 Å². The molecular weight excluding hydrogens is 238 g/mol. The van der Waals surface area contributed by atoms with Crippen molar-refractivity contribution in [3.8, 4) is 22.6 Å². The van der Waals surface area contributed by atoms with E-state index in [1.54, 1.807) is 14.2 Å². The minimum atomic E-state index is 0.587. The maximum Gasteiger partial charge on any atom is 0.127 e. The molecule has 0 radical (unpaired) electrons. The molecule has 0 saturated carbocycles. The van der Waals surface area contributed by atoms with Crippen LogP contribution in [-0.2, 0) is 6.42 Å². The third-order valence-electron chi connectivity index (χ3n) is 3.10. The third kappa shape index (κ3) is 2.88. The fraction of sp³-hybridized carbons (Fsp3) is 0.250. The Balaban J connectivity index is 2.54. The summed E-state index contributed by atoms with van der Waals surface area (Å²) in [6.45, 7) is 0.587. The summed E-state index contributed by atoms with van der Waals surface area (Å²) in [6.07, 6.45) is 0.772. The second-order valence-corrected chi connectivity index (χ2v) is 4.27. The summed E-state index contributed by atoms with van der Waals surface area (Å²) >= 11 is 0. The average molecular weight is 257 g/mol. The maximum atomic E-state index is 5.63. The minimum absolute atomic E-state index is 0.587. The lowest BCUT2D eigenvalue weighted by Gasteiger charge is -2.14. The van der Waals surface area contributed by atoms with Crippen LogP contribution in [0.3, 0.4) is 0 Å². The van der Waals surface area contributed by atoms with E-state index in [2.05, 4.69) is 12.1 Å². The van der Waals surface area contributed by atoms with E-state index in [0.29, 0.717) is 6.54 Å². The van der Waals surface area contributed by atoms with Crippen LogP contribution in [0.2, 0.25) is 0 Å². The molecule has 0 heterocycles. The lowest BCUT2D eigenvalue weighted by Crippen LogP contribution is -2.05. The van der Waals surface area contributed by atoms with E-state index in [9.17, 15) is 0 Å². The van der Waals surface area contributed by atoms with Crippen LogP contribution in [0.15, 0.2) is 42.5 Å². The van der Waals surface area contributed by atoms with Crippen LogP contribution in [0.25, 0.3) is 11.1 Å². The van der Waals surface area contributed by atoms with Gasteiger partial charge in [0.25, 0.3) is 0 Å². The Morgan fingerprint density at radius 2 is 1.63 bits per heavy atom. The van der Waals surface area contributed by atoms with Gasteiger partial charge in [0, 0.05) is 5.56 Å². The first-order chi connectivity index (χ1) is 9.30. The smallest absolute Gasteiger partial charge is 0.127 e. The molecule has 2 aromatic carbocycles. The van der Waals surface area contributed by atoms with E-state index in [0.717, 1.165) is 34.6 Å². The monoisotopic (exact) mass is 257 g/mol. The molecule has 0 spiro atoms. The molecule has 3 heteroatoms. The lowest BCUT2D eigenvalue weighted by atomic mass is 10.0. The summed E-state index contributed by atoms with van der Waals surface area (Å²) in [5.41, 5.74) is 8.84. The topological polar surface area (TPSA) is 44.5 Å². The fourth-order valence-electron chi connectivity index (χ4n) is 2.16. The fourth-order valence-corrected chi connectivity index (χ4v) is 2.16. The van der Waals surface area contributed by atoms with E-state index in [1.807, 2.05) is 30.3 Å². The molecular formula is C16H19NO2. The Kier molecular flexibility index (Phi) is 4.42. The highest BCUT2D eigenvalue weighted by molar-refractivity contribution is 5.73. The van der Waals surface area contributed by atoms with Crippen molar-refractivity contribution in [2.24, 2.45) is 5.73 Å². The van der Waals surface area contributed by atoms with Crippen molar-refractivity contribution in [3.63, 3.8) is 0 Å². The molecule has 0 unspecified atom stereocenters. The predicted octanol–water partition coefficient (Wildman–Crippen LogP) is 2.87. The largest absolute Gasteiger partial charge is 0.496 e. The molecule has 0 amide bonds.